The van der Waals surface area contributed by atoms with Crippen LogP contribution in [0.25, 0.3) is 0 Å². The number of allylic oxidation sites excluding steroid dienone is 1. The predicted octanol–water partition coefficient (Wildman–Crippen LogP) is 3.65. The molecule has 1 heteroatoms. The van der Waals surface area contributed by atoms with Crippen LogP contribution < -0.4 is 0 Å². The normalized spacial score (nSPS) is 41.2. The fourth-order valence-corrected chi connectivity index (χ4v) is 2.52. The first-order chi connectivity index (χ1) is 6.86. The molecule has 0 N–H and O–H groups in total. The van der Waals surface area contributed by atoms with E-state index in [4.69, 9.17) is 6.11 Å². The molecule has 1 fully saturated rings. The predicted molar refractivity (Wildman–Crippen MR) is 61.3 cm³/mol. The van der Waals surface area contributed by atoms with Crippen molar-refractivity contribution < 1.29 is 6.11 Å². The van der Waals surface area contributed by atoms with E-state index in [1.807, 2.05) is 13.8 Å². The molecule has 1 saturated heterocycles. The second-order valence-electron chi connectivity index (χ2n) is 4.88. The van der Waals surface area contributed by atoms with Gasteiger partial charge in [-0.05, 0) is 44.1 Å². The third-order valence-electron chi connectivity index (χ3n) is 3.65. The van der Waals surface area contributed by atoms with Gasteiger partial charge in [-0.2, -0.15) is 0 Å². The van der Waals surface area contributed by atoms with Crippen LogP contribution in [-0.4, -0.2) is 12.2 Å². The van der Waals surface area contributed by atoms with Crippen molar-refractivity contribution in [1.82, 2.24) is 0 Å². The van der Waals surface area contributed by atoms with Gasteiger partial charge >= 0.3 is 0 Å². The molecule has 1 nitrogen and oxygen atoms in total. The van der Waals surface area contributed by atoms with Gasteiger partial charge in [-0.3, -0.25) is 0 Å². The van der Waals surface area contributed by atoms with Crippen LogP contribution in [0.15, 0.2) is 11.6 Å². The van der Waals surface area contributed by atoms with Gasteiger partial charge in [0.2, 0.25) is 0 Å². The molecule has 14 heavy (non-hydrogen) atoms. The van der Waals surface area contributed by atoms with Gasteiger partial charge < -0.3 is 4.74 Å². The van der Waals surface area contributed by atoms with Crippen molar-refractivity contribution >= 4 is 0 Å². The fraction of sp³-hybridized carbons (Fsp3) is 0.846. The summed E-state index contributed by atoms with van der Waals surface area (Å²) >= 11 is 0. The van der Waals surface area contributed by atoms with Gasteiger partial charge in [0.15, 0.2) is 0 Å². The molecule has 0 spiro atoms. The summed E-state index contributed by atoms with van der Waals surface area (Å²) in [5.74, 6) is 1.76. The van der Waals surface area contributed by atoms with Crippen LogP contribution in [-0.2, 0) is 4.74 Å². The number of rotatable bonds is 2. The lowest BCUT2D eigenvalue weighted by atomic mass is 9.79. The maximum absolute atomic E-state index is 7.71. The van der Waals surface area contributed by atoms with Crippen LogP contribution in [0.1, 0.15) is 42.9 Å². The lowest BCUT2D eigenvalue weighted by Gasteiger charge is -2.25. The van der Waals surface area contributed by atoms with E-state index in [-0.39, 0.29) is 6.10 Å². The van der Waals surface area contributed by atoms with Crippen molar-refractivity contribution in [2.45, 2.75) is 53.8 Å². The Balaban J connectivity index is 2.94. The minimum atomic E-state index is 0.160. The Morgan fingerprint density at radius 2 is 2.00 bits per heavy atom. The third kappa shape index (κ3) is 2.03. The SMILES string of the molecule is [3H]/C(C)=C(\C)[C@H]1O[C@@H](C)[C@H](C)C1C(C)C. The zero-order chi connectivity index (χ0) is 11.7. The standard InChI is InChI=1S/C13H24O/c1-7-9(4)13-12(8(2)3)10(5)11(6)14-13/h7-8,10-13H,1-6H3/b9-7-/t10-,11-,12?,13+/m0/s1/i7T. The van der Waals surface area contributed by atoms with Crippen molar-refractivity contribution in [2.24, 2.45) is 17.8 Å². The molecule has 0 aliphatic carbocycles. The van der Waals surface area contributed by atoms with Crippen molar-refractivity contribution in [3.05, 3.63) is 11.6 Å². The highest BCUT2D eigenvalue weighted by molar-refractivity contribution is 5.10. The first-order valence-corrected chi connectivity index (χ1v) is 5.65. The fourth-order valence-electron chi connectivity index (χ4n) is 2.52. The smallest absolute Gasteiger partial charge is 0.0820 e. The van der Waals surface area contributed by atoms with Gasteiger partial charge in [-0.1, -0.05) is 26.8 Å². The Labute approximate surface area is 89.9 Å². The summed E-state index contributed by atoms with van der Waals surface area (Å²) in [6.07, 6.45) is 0.476. The van der Waals surface area contributed by atoms with Gasteiger partial charge in [0.05, 0.1) is 13.6 Å². The monoisotopic (exact) mass is 198 g/mol. The quantitative estimate of drug-likeness (QED) is 0.615. The Hall–Kier alpha value is -0.300. The molecule has 0 aromatic rings. The van der Waals surface area contributed by atoms with E-state index in [1.165, 1.54) is 0 Å². The molecular formula is C13H24O. The van der Waals surface area contributed by atoms with Crippen LogP contribution >= 0.6 is 0 Å². The Morgan fingerprint density at radius 3 is 2.43 bits per heavy atom. The molecule has 0 saturated carbocycles. The van der Waals surface area contributed by atoms with Crippen molar-refractivity contribution in [3.8, 4) is 0 Å². The minimum Gasteiger partial charge on any atom is -0.370 e. The van der Waals surface area contributed by atoms with E-state index in [0.29, 0.717) is 29.9 Å². The first kappa shape index (κ1) is 10.2. The minimum absolute atomic E-state index is 0.160. The second-order valence-corrected chi connectivity index (χ2v) is 4.88. The molecule has 4 atom stereocenters. The molecule has 1 rings (SSSR count). The second kappa shape index (κ2) is 4.48. The Bertz CT molecular complexity index is 253. The highest BCUT2D eigenvalue weighted by atomic mass is 16.5. The summed E-state index contributed by atoms with van der Waals surface area (Å²) in [5.41, 5.74) is 1.10. The largest absolute Gasteiger partial charge is 0.370 e. The topological polar surface area (TPSA) is 9.23 Å². The van der Waals surface area contributed by atoms with E-state index < -0.39 is 0 Å². The van der Waals surface area contributed by atoms with Gasteiger partial charge in [0, 0.05) is 0 Å². The molecule has 82 valence electrons. The summed E-state index contributed by atoms with van der Waals surface area (Å²) < 4.78 is 13.7. The van der Waals surface area contributed by atoms with Crippen LogP contribution in [0.5, 0.6) is 0 Å². The summed E-state index contributed by atoms with van der Waals surface area (Å²) in [6, 6.07) is 0.659. The van der Waals surface area contributed by atoms with Crippen LogP contribution in [0.4, 0.5) is 0 Å². The molecule has 1 unspecified atom stereocenters. The summed E-state index contributed by atoms with van der Waals surface area (Å²) in [6.45, 7) is 12.8. The summed E-state index contributed by atoms with van der Waals surface area (Å²) in [7, 11) is 0. The van der Waals surface area contributed by atoms with Crippen molar-refractivity contribution in [1.29, 1.82) is 0 Å². The zero-order valence-corrected chi connectivity index (χ0v) is 10.3. The van der Waals surface area contributed by atoms with Crippen molar-refractivity contribution in [2.75, 3.05) is 0 Å². The van der Waals surface area contributed by atoms with Gasteiger partial charge in [0.25, 0.3) is 0 Å². The van der Waals surface area contributed by atoms with Crippen LogP contribution in [0.2, 0.25) is 0 Å². The average molecular weight is 198 g/mol. The van der Waals surface area contributed by atoms with Crippen LogP contribution in [0, 0.1) is 17.8 Å². The van der Waals surface area contributed by atoms with Gasteiger partial charge in [-0.15, -0.1) is 0 Å². The van der Waals surface area contributed by atoms with Crippen molar-refractivity contribution in [3.63, 3.8) is 0 Å². The number of hydrogen-bond donors (Lipinski definition) is 0. The molecular weight excluding hydrogens is 172 g/mol. The van der Waals surface area contributed by atoms with Gasteiger partial charge in [0.1, 0.15) is 0 Å². The number of hydrogen-bond acceptors (Lipinski definition) is 1. The van der Waals surface area contributed by atoms with E-state index in [0.717, 1.165) is 5.57 Å². The molecule has 1 aliphatic rings. The van der Waals surface area contributed by atoms with E-state index in [1.54, 1.807) is 0 Å². The molecule has 1 heterocycles. The zero-order valence-electron chi connectivity index (χ0n) is 11.3. The highest BCUT2D eigenvalue weighted by Gasteiger charge is 2.41. The van der Waals surface area contributed by atoms with Gasteiger partial charge in [-0.25, -0.2) is 0 Å². The molecule has 0 aromatic heterocycles. The number of ether oxygens (including phenoxy) is 1. The summed E-state index contributed by atoms with van der Waals surface area (Å²) in [4.78, 5) is 0. The first-order valence-electron chi connectivity index (χ1n) is 6.15. The lowest BCUT2D eigenvalue weighted by molar-refractivity contribution is 0.0571. The van der Waals surface area contributed by atoms with Crippen LogP contribution in [0.3, 0.4) is 0 Å². The lowest BCUT2D eigenvalue weighted by Crippen LogP contribution is -2.25. The van der Waals surface area contributed by atoms with E-state index >= 15 is 0 Å². The molecule has 0 aromatic carbocycles. The summed E-state index contributed by atoms with van der Waals surface area (Å²) in [5, 5.41) is 0. The maximum atomic E-state index is 7.71. The molecule has 0 amide bonds. The third-order valence-corrected chi connectivity index (χ3v) is 3.65. The highest BCUT2D eigenvalue weighted by Crippen LogP contribution is 2.40. The van der Waals surface area contributed by atoms with E-state index in [9.17, 15) is 0 Å². The maximum Gasteiger partial charge on any atom is 0.0820 e. The average Bonchev–Trinajstić information content (AvgIpc) is 2.41. The molecule has 1 aliphatic heterocycles. The Kier molecular flexibility index (Phi) is 3.27. The molecule has 0 bridgehead atoms. The van der Waals surface area contributed by atoms with E-state index in [2.05, 4.69) is 27.7 Å². The molecule has 0 radical (unpaired) electrons. The Morgan fingerprint density at radius 1 is 1.43 bits per heavy atom.